The third kappa shape index (κ3) is 3.41. The van der Waals surface area contributed by atoms with Crippen molar-refractivity contribution >= 4 is 5.94 Å². The summed E-state index contributed by atoms with van der Waals surface area (Å²) in [7, 11) is 0. The van der Waals surface area contributed by atoms with Crippen LogP contribution in [0.25, 0.3) is 0 Å². The largest absolute Gasteiger partial charge is 0.392 e. The molecule has 1 N–H and O–H groups in total. The van der Waals surface area contributed by atoms with Crippen molar-refractivity contribution in [1.29, 1.82) is 0 Å². The molecule has 28 valence electrons. The molecular weight excluding hydrogens is 68.0 g/mol. The molecule has 0 spiro atoms. The predicted molar refractivity (Wildman–Crippen MR) is 17.3 cm³/mol. The Bertz CT molecular complexity index is 51.9. The van der Waals surface area contributed by atoms with Crippen LogP contribution in [0.2, 0.25) is 0 Å². The Morgan fingerprint density at radius 2 is 2.60 bits per heavy atom. The fourth-order valence-corrected chi connectivity index (χ4v) is 0.0373. The molecule has 0 rings (SSSR count). The Morgan fingerprint density at radius 1 is 2.00 bits per heavy atom. The highest BCUT2D eigenvalue weighted by Gasteiger charge is 1.53. The summed E-state index contributed by atoms with van der Waals surface area (Å²) in [6, 6.07) is 0. The van der Waals surface area contributed by atoms with Gasteiger partial charge < -0.3 is 5.11 Å². The summed E-state index contributed by atoms with van der Waals surface area (Å²) in [5.41, 5.74) is 0. The lowest BCUT2D eigenvalue weighted by molar-refractivity contribution is 0.343. The normalized spacial score (nSPS) is 5.80. The van der Waals surface area contributed by atoms with E-state index in [2.05, 4.69) is 0 Å². The van der Waals surface area contributed by atoms with Crippen LogP contribution in [0, 0.1) is 0 Å². The molecule has 2 nitrogen and oxygen atoms in total. The highest BCUT2D eigenvalue weighted by atomic mass is 16.2. The Balaban J connectivity index is 2.93. The molecule has 0 bridgehead atoms. The van der Waals surface area contributed by atoms with Crippen molar-refractivity contribution in [3.8, 4) is 0 Å². The number of aliphatic hydroxyl groups excluding tert-OH is 1. The number of rotatable bonds is 1. The van der Waals surface area contributed by atoms with Gasteiger partial charge in [0.2, 0.25) is 0 Å². The molecule has 0 amide bonds. The molecule has 0 aromatic carbocycles. The van der Waals surface area contributed by atoms with Crippen LogP contribution in [-0.4, -0.2) is 17.7 Å². The zero-order valence-electron chi connectivity index (χ0n) is 2.64. The van der Waals surface area contributed by atoms with Crippen molar-refractivity contribution in [3.63, 3.8) is 0 Å². The van der Waals surface area contributed by atoms with Crippen molar-refractivity contribution < 1.29 is 9.90 Å². The molecule has 0 aliphatic heterocycles. The first-order chi connectivity index (χ1) is 2.41. The van der Waals surface area contributed by atoms with Crippen LogP contribution in [-0.2, 0) is 4.79 Å². The number of hydrogen-bond donors (Lipinski definition) is 1. The van der Waals surface area contributed by atoms with E-state index >= 15 is 0 Å². The monoisotopic (exact) mass is 72.0 g/mol. The van der Waals surface area contributed by atoms with Gasteiger partial charge in [0.05, 0.1) is 6.61 Å². The zero-order valence-corrected chi connectivity index (χ0v) is 2.64. The van der Waals surface area contributed by atoms with Gasteiger partial charge in [0.1, 0.15) is 5.94 Å². The second kappa shape index (κ2) is 3.41. The summed E-state index contributed by atoms with van der Waals surface area (Å²) in [4.78, 5) is 9.06. The topological polar surface area (TPSA) is 37.3 Å². The van der Waals surface area contributed by atoms with Gasteiger partial charge >= 0.3 is 0 Å². The van der Waals surface area contributed by atoms with Crippen LogP contribution in [0.5, 0.6) is 0 Å². The molecule has 0 aliphatic rings. The minimum atomic E-state index is -0.205. The Hall–Kier alpha value is -0.590. The Morgan fingerprint density at radius 3 is 2.60 bits per heavy atom. The average molecular weight is 72.1 g/mol. The maximum atomic E-state index is 9.06. The Kier molecular flexibility index (Phi) is 3.01. The van der Waals surface area contributed by atoms with Crippen molar-refractivity contribution in [3.05, 3.63) is 6.08 Å². The molecule has 2 heteroatoms. The van der Waals surface area contributed by atoms with E-state index in [1.165, 1.54) is 5.94 Å². The van der Waals surface area contributed by atoms with Crippen LogP contribution in [0.3, 0.4) is 0 Å². The first-order valence-electron chi connectivity index (χ1n) is 1.22. The molecule has 0 aliphatic carbocycles. The van der Waals surface area contributed by atoms with E-state index in [9.17, 15) is 0 Å². The van der Waals surface area contributed by atoms with Gasteiger partial charge in [-0.05, 0) is 0 Å². The van der Waals surface area contributed by atoms with E-state index in [0.29, 0.717) is 0 Å². The Labute approximate surface area is 29.7 Å². The molecule has 0 saturated heterocycles. The van der Waals surface area contributed by atoms with Crippen molar-refractivity contribution in [2.75, 3.05) is 6.61 Å². The highest BCUT2D eigenvalue weighted by molar-refractivity contribution is 5.44. The first kappa shape index (κ1) is 4.41. The van der Waals surface area contributed by atoms with Gasteiger partial charge in [0.25, 0.3) is 0 Å². The molecule has 0 saturated carbocycles. The van der Waals surface area contributed by atoms with Gasteiger partial charge in [-0.2, -0.15) is 0 Å². The molecule has 0 aromatic rings. The molecule has 0 heterocycles. The van der Waals surface area contributed by atoms with Gasteiger partial charge in [-0.25, -0.2) is 4.79 Å². The van der Waals surface area contributed by atoms with Crippen LogP contribution in [0.15, 0.2) is 6.08 Å². The van der Waals surface area contributed by atoms with Gasteiger partial charge in [0, 0.05) is 6.08 Å². The van der Waals surface area contributed by atoms with E-state index < -0.39 is 0 Å². The second-order valence-electron chi connectivity index (χ2n) is 0.505. The molecular formula is C3H4O2. The fourth-order valence-electron chi connectivity index (χ4n) is 0.0373. The van der Waals surface area contributed by atoms with E-state index in [1.54, 1.807) is 0 Å². The average Bonchev–Trinajstić information content (AvgIpc) is 1.41. The molecule has 0 atom stereocenters. The van der Waals surface area contributed by atoms with Gasteiger partial charge in [-0.1, -0.05) is 0 Å². The summed E-state index contributed by atoms with van der Waals surface area (Å²) in [5, 5.41) is 7.75. The third-order valence-electron chi connectivity index (χ3n) is 0.175. The SMILES string of the molecule is O=C=CCO. The van der Waals surface area contributed by atoms with Crippen molar-refractivity contribution in [2.45, 2.75) is 0 Å². The lowest BCUT2D eigenvalue weighted by Crippen LogP contribution is -1.67. The minimum Gasteiger partial charge on any atom is -0.392 e. The number of hydrogen-bond acceptors (Lipinski definition) is 2. The standard InChI is InChI=1S/C3H4O2/c4-2-1-3-5/h1,4H,2H2. The third-order valence-corrected chi connectivity index (χ3v) is 0.175. The summed E-state index contributed by atoms with van der Waals surface area (Å²) in [5.74, 6) is 1.39. The quantitative estimate of drug-likeness (QED) is 0.418. The zero-order chi connectivity index (χ0) is 4.12. The van der Waals surface area contributed by atoms with Crippen molar-refractivity contribution in [2.24, 2.45) is 0 Å². The second-order valence-corrected chi connectivity index (χ2v) is 0.505. The maximum absolute atomic E-state index is 9.06. The number of carbonyl (C=O) groups excluding carboxylic acids is 1. The molecule has 0 aromatic heterocycles. The van der Waals surface area contributed by atoms with E-state index in [0.717, 1.165) is 6.08 Å². The van der Waals surface area contributed by atoms with Crippen LogP contribution in [0.4, 0.5) is 0 Å². The molecule has 0 unspecified atom stereocenters. The smallest absolute Gasteiger partial charge is 0.122 e. The lowest BCUT2D eigenvalue weighted by Gasteiger charge is -1.58. The summed E-state index contributed by atoms with van der Waals surface area (Å²) in [6.07, 6.45) is 1.00. The van der Waals surface area contributed by atoms with E-state index in [1.807, 2.05) is 0 Å². The lowest BCUT2D eigenvalue weighted by atomic mass is 10.7. The minimum absolute atomic E-state index is 0.205. The summed E-state index contributed by atoms with van der Waals surface area (Å²) < 4.78 is 0. The van der Waals surface area contributed by atoms with Gasteiger partial charge in [-0.15, -0.1) is 0 Å². The van der Waals surface area contributed by atoms with Gasteiger partial charge in [0.15, 0.2) is 0 Å². The van der Waals surface area contributed by atoms with Crippen molar-refractivity contribution in [1.82, 2.24) is 0 Å². The number of aliphatic hydroxyl groups is 1. The summed E-state index contributed by atoms with van der Waals surface area (Å²) in [6.45, 7) is -0.205. The molecule has 0 fully saturated rings. The van der Waals surface area contributed by atoms with Crippen LogP contribution >= 0.6 is 0 Å². The fraction of sp³-hybridized carbons (Fsp3) is 0.333. The van der Waals surface area contributed by atoms with Crippen LogP contribution in [0.1, 0.15) is 0 Å². The van der Waals surface area contributed by atoms with E-state index in [-0.39, 0.29) is 6.61 Å². The van der Waals surface area contributed by atoms with E-state index in [4.69, 9.17) is 9.90 Å². The highest BCUT2D eigenvalue weighted by Crippen LogP contribution is 1.45. The first-order valence-corrected chi connectivity index (χ1v) is 1.22. The van der Waals surface area contributed by atoms with Gasteiger partial charge in [-0.3, -0.25) is 0 Å². The molecule has 5 heavy (non-hydrogen) atoms. The van der Waals surface area contributed by atoms with Crippen LogP contribution < -0.4 is 0 Å². The maximum Gasteiger partial charge on any atom is 0.122 e. The molecule has 0 radical (unpaired) electrons. The summed E-state index contributed by atoms with van der Waals surface area (Å²) >= 11 is 0. The predicted octanol–water partition coefficient (Wildman–Crippen LogP) is -0.633.